The van der Waals surface area contributed by atoms with E-state index in [1.807, 2.05) is 26.0 Å². The van der Waals surface area contributed by atoms with Crippen molar-refractivity contribution in [3.05, 3.63) is 53.9 Å². The van der Waals surface area contributed by atoms with Crippen LogP contribution in [0.3, 0.4) is 0 Å². The molecule has 0 saturated carbocycles. The van der Waals surface area contributed by atoms with Gasteiger partial charge in [-0.1, -0.05) is 32.1 Å². The summed E-state index contributed by atoms with van der Waals surface area (Å²) in [6, 6.07) is 0. The van der Waals surface area contributed by atoms with Crippen LogP contribution in [0.2, 0.25) is 0 Å². The first-order valence-electron chi connectivity index (χ1n) is 5.39. The summed E-state index contributed by atoms with van der Waals surface area (Å²) >= 11 is 0. The van der Waals surface area contributed by atoms with Crippen molar-refractivity contribution in [2.75, 3.05) is 26.5 Å². The molecule has 2 nitrogen and oxygen atoms in total. The Bertz CT molecular complexity index is 258. The van der Waals surface area contributed by atoms with Gasteiger partial charge in [-0.2, -0.15) is 11.9 Å². The van der Waals surface area contributed by atoms with Crippen LogP contribution in [0.5, 0.6) is 0 Å². The zero-order valence-corrected chi connectivity index (χ0v) is 14.6. The van der Waals surface area contributed by atoms with Crippen LogP contribution in [0.4, 0.5) is 0 Å². The molecule has 0 N–H and O–H groups in total. The summed E-state index contributed by atoms with van der Waals surface area (Å²) in [7, 11) is 1.54. The summed E-state index contributed by atoms with van der Waals surface area (Å²) in [5.41, 5.74) is 2.15. The number of nitrogens with zero attached hydrogens (tertiary/aromatic N) is 2. The Balaban J connectivity index is -0.000000464. The zero-order valence-electron chi connectivity index (χ0n) is 11.8. The molecule has 0 aromatic heterocycles. The van der Waals surface area contributed by atoms with Crippen molar-refractivity contribution in [1.29, 1.82) is 0 Å². The standard InChI is InChI=1S/C10H15N2P.C2H6.CH3.Ru.H/c1-11-7-9-5-4-6-10(12-9)8-13(2)3;1-2;;;/h4-7H,8H2,1-3H3;1-2H3;1H3;;/q-2;;-1;+3;/p+1. The van der Waals surface area contributed by atoms with E-state index in [0.29, 0.717) is 0 Å². The predicted molar refractivity (Wildman–Crippen MR) is 82.1 cm³/mol. The average Bonchev–Trinajstić information content (AvgIpc) is 2.21. The minimum atomic E-state index is -0.225. The molecule has 0 spiro atoms. The normalized spacial score (nSPS) is 14.7. The Labute approximate surface area is 122 Å². The summed E-state index contributed by atoms with van der Waals surface area (Å²) < 4.78 is 0. The van der Waals surface area contributed by atoms with E-state index in [0.717, 1.165) is 11.9 Å². The molecule has 4 heteroatoms. The van der Waals surface area contributed by atoms with Crippen LogP contribution in [-0.4, -0.2) is 26.5 Å². The Morgan fingerprint density at radius 2 is 1.94 bits per heavy atom. The zero-order chi connectivity index (χ0) is 11.7. The Hall–Kier alpha value is -0.127. The van der Waals surface area contributed by atoms with Gasteiger partial charge in [0.15, 0.2) is 0 Å². The van der Waals surface area contributed by atoms with E-state index >= 15 is 0 Å². The van der Waals surface area contributed by atoms with Gasteiger partial charge in [0, 0.05) is 13.3 Å². The molecule has 0 fully saturated rings. The van der Waals surface area contributed by atoms with E-state index in [1.165, 1.54) is 5.70 Å². The van der Waals surface area contributed by atoms with Crippen LogP contribution < -0.4 is 0 Å². The van der Waals surface area contributed by atoms with Gasteiger partial charge >= 0.3 is 19.5 Å². The molecule has 0 aromatic rings. The van der Waals surface area contributed by atoms with Crippen molar-refractivity contribution in [2.24, 2.45) is 0 Å². The SMILES string of the molecule is CC.C[N-]C=C1C=CC=C(C[PH+](C)C)[N-]1.[CH3-].[RuH+3]. The summed E-state index contributed by atoms with van der Waals surface area (Å²) in [4.78, 5) is 0. The van der Waals surface area contributed by atoms with Gasteiger partial charge in [-0.05, 0) is 7.92 Å². The summed E-state index contributed by atoms with van der Waals surface area (Å²) in [5, 5.41) is 8.43. The third kappa shape index (κ3) is 10.7. The fourth-order valence-corrected chi connectivity index (χ4v) is 2.08. The number of hydrogen-bond donors (Lipinski definition) is 0. The summed E-state index contributed by atoms with van der Waals surface area (Å²) in [6.45, 7) is 8.60. The molecule has 1 rings (SSSR count). The van der Waals surface area contributed by atoms with E-state index in [2.05, 4.69) is 30.0 Å². The first kappa shape index (κ1) is 22.1. The molecule has 1 aliphatic heterocycles. The van der Waals surface area contributed by atoms with Crippen LogP contribution >= 0.6 is 7.92 Å². The van der Waals surface area contributed by atoms with Gasteiger partial charge in [-0.3, -0.25) is 0 Å². The van der Waals surface area contributed by atoms with Gasteiger partial charge in [0.05, 0.1) is 6.16 Å². The Morgan fingerprint density at radius 1 is 1.35 bits per heavy atom. The van der Waals surface area contributed by atoms with Crippen LogP contribution in [0.25, 0.3) is 10.6 Å². The van der Waals surface area contributed by atoms with Gasteiger partial charge in [-0.15, -0.1) is 12.7 Å². The van der Waals surface area contributed by atoms with Gasteiger partial charge < -0.3 is 18.1 Å². The maximum atomic E-state index is 4.48. The fraction of sp³-hybridized carbons (Fsp3) is 0.462. The second-order valence-electron chi connectivity index (χ2n) is 3.32. The van der Waals surface area contributed by atoms with Crippen molar-refractivity contribution >= 4 is 7.92 Å². The van der Waals surface area contributed by atoms with Crippen LogP contribution in [0, 0.1) is 7.43 Å². The minimum absolute atomic E-state index is 0. The molecule has 1 radical (unpaired) electrons. The van der Waals surface area contributed by atoms with E-state index in [1.54, 1.807) is 13.2 Å². The molecule has 0 aliphatic carbocycles. The molecule has 0 saturated heterocycles. The van der Waals surface area contributed by atoms with Crippen molar-refractivity contribution < 1.29 is 19.5 Å². The number of hydrogen-bond acceptors (Lipinski definition) is 0. The molecule has 0 unspecified atom stereocenters. The van der Waals surface area contributed by atoms with E-state index in [-0.39, 0.29) is 34.8 Å². The second kappa shape index (κ2) is 13.9. The Kier molecular flexibility index (Phi) is 18.1. The predicted octanol–water partition coefficient (Wildman–Crippen LogP) is 4.34. The van der Waals surface area contributed by atoms with Gasteiger partial charge in [0.2, 0.25) is 0 Å². The van der Waals surface area contributed by atoms with Crippen LogP contribution in [0.15, 0.2) is 35.8 Å². The average molecular weight is 342 g/mol. The molecule has 0 bridgehead atoms. The molecule has 100 valence electrons. The Morgan fingerprint density at radius 3 is 2.41 bits per heavy atom. The molecular weight excluding hydrogens is 316 g/mol. The van der Waals surface area contributed by atoms with Gasteiger partial charge in [-0.25, -0.2) is 0 Å². The van der Waals surface area contributed by atoms with Gasteiger partial charge in [0.1, 0.15) is 0 Å². The van der Waals surface area contributed by atoms with Gasteiger partial charge in [0.25, 0.3) is 0 Å². The fourth-order valence-electron chi connectivity index (χ4n) is 1.16. The topological polar surface area (TPSA) is 28.2 Å². The molecule has 17 heavy (non-hydrogen) atoms. The van der Waals surface area contributed by atoms with Crippen molar-refractivity contribution in [3.63, 3.8) is 0 Å². The first-order chi connectivity index (χ1) is 7.22. The molecule has 1 aliphatic rings. The van der Waals surface area contributed by atoms with E-state index in [9.17, 15) is 0 Å². The molecular formula is C13H26N2PRu+. The quantitative estimate of drug-likeness (QED) is 0.415. The third-order valence-corrected chi connectivity index (χ3v) is 2.69. The molecule has 1 heterocycles. The molecule has 0 aromatic carbocycles. The second-order valence-corrected chi connectivity index (χ2v) is 6.09. The summed E-state index contributed by atoms with van der Waals surface area (Å²) in [6.07, 6.45) is 9.04. The van der Waals surface area contributed by atoms with Crippen molar-refractivity contribution in [1.82, 2.24) is 0 Å². The van der Waals surface area contributed by atoms with Crippen LogP contribution in [-0.2, 0) is 19.5 Å². The third-order valence-electron chi connectivity index (χ3n) is 1.62. The van der Waals surface area contributed by atoms with Crippen molar-refractivity contribution in [2.45, 2.75) is 13.8 Å². The number of rotatable bonds is 3. The first-order valence-corrected chi connectivity index (χ1v) is 8.10. The molecule has 0 amide bonds. The summed E-state index contributed by atoms with van der Waals surface area (Å²) in [5.74, 6) is 0. The molecule has 0 atom stereocenters. The van der Waals surface area contributed by atoms with E-state index < -0.39 is 0 Å². The van der Waals surface area contributed by atoms with E-state index in [4.69, 9.17) is 0 Å². The van der Waals surface area contributed by atoms with Crippen molar-refractivity contribution in [3.8, 4) is 0 Å². The number of allylic oxidation sites excluding steroid dienone is 4. The van der Waals surface area contributed by atoms with Crippen LogP contribution in [0.1, 0.15) is 13.8 Å². The maximum absolute atomic E-state index is 4.48. The monoisotopic (exact) mass is 343 g/mol.